The van der Waals surface area contributed by atoms with Crippen LogP contribution in [0, 0.1) is 0 Å². The minimum absolute atomic E-state index is 0.110. The van der Waals surface area contributed by atoms with E-state index in [1.165, 1.54) is 0 Å². The highest BCUT2D eigenvalue weighted by Gasteiger charge is 2.33. The Morgan fingerprint density at radius 1 is 1.02 bits per heavy atom. The van der Waals surface area contributed by atoms with Gasteiger partial charge in [-0.1, -0.05) is 24.3 Å². The van der Waals surface area contributed by atoms with Crippen molar-refractivity contribution in [2.75, 3.05) is 37.9 Å². The fourth-order valence-corrected chi connectivity index (χ4v) is 4.85. The number of carbonyl (C=O) groups excluding carboxylic acids is 2. The molecule has 210 valence electrons. The molecule has 1 saturated heterocycles. The number of amides is 2. The summed E-state index contributed by atoms with van der Waals surface area (Å²) in [6, 6.07) is 16.1. The predicted molar refractivity (Wildman–Crippen MR) is 148 cm³/mol. The van der Waals surface area contributed by atoms with Gasteiger partial charge in [-0.25, -0.2) is 9.97 Å². The molecule has 2 aromatic heterocycles. The summed E-state index contributed by atoms with van der Waals surface area (Å²) in [4.78, 5) is 43.4. The van der Waals surface area contributed by atoms with Crippen LogP contribution in [0.1, 0.15) is 12.0 Å². The molecule has 1 atom stereocenters. The van der Waals surface area contributed by atoms with Crippen LogP contribution >= 0.6 is 0 Å². The van der Waals surface area contributed by atoms with Crippen LogP contribution in [0.4, 0.5) is 5.95 Å². The zero-order chi connectivity index (χ0) is 28.0. The smallest absolute Gasteiger partial charge is 0.260 e. The highest BCUT2D eigenvalue weighted by Crippen LogP contribution is 2.32. The van der Waals surface area contributed by atoms with E-state index in [9.17, 15) is 9.59 Å². The molecule has 2 aliphatic rings. The number of imidazole rings is 1. The first-order chi connectivity index (χ1) is 20.1. The predicted octanol–water partition coefficient (Wildman–Crippen LogP) is 2.19. The fraction of sp³-hybridized carbons (Fsp3) is 0.276. The second kappa shape index (κ2) is 11.9. The number of hydrogen-bond acceptors (Lipinski definition) is 9. The van der Waals surface area contributed by atoms with Crippen molar-refractivity contribution in [3.05, 3.63) is 85.1 Å². The van der Waals surface area contributed by atoms with Crippen LogP contribution in [0.15, 0.2) is 79.5 Å². The number of ether oxygens (including phenoxy) is 3. The lowest BCUT2D eigenvalue weighted by atomic mass is 10.1. The van der Waals surface area contributed by atoms with E-state index in [2.05, 4.69) is 20.3 Å². The van der Waals surface area contributed by atoms with Crippen LogP contribution in [-0.2, 0) is 16.1 Å². The van der Waals surface area contributed by atoms with Crippen LogP contribution in [0.5, 0.6) is 17.2 Å². The van der Waals surface area contributed by atoms with Gasteiger partial charge in [0.25, 0.3) is 5.91 Å². The molecule has 1 unspecified atom stereocenters. The molecular weight excluding hydrogens is 526 g/mol. The average Bonchev–Trinajstić information content (AvgIpc) is 3.72. The highest BCUT2D eigenvalue weighted by atomic mass is 16.7. The topological polar surface area (TPSA) is 124 Å². The lowest BCUT2D eigenvalue weighted by Gasteiger charge is -2.41. The van der Waals surface area contributed by atoms with Crippen molar-refractivity contribution >= 4 is 17.8 Å². The van der Waals surface area contributed by atoms with Gasteiger partial charge in [0.05, 0.1) is 6.04 Å². The van der Waals surface area contributed by atoms with Crippen LogP contribution in [0.25, 0.3) is 5.82 Å². The number of benzene rings is 2. The Balaban J connectivity index is 1.14. The lowest BCUT2D eigenvalue weighted by molar-refractivity contribution is -0.137. The number of fused-ring (bicyclic) bond motifs is 1. The second-order valence-electron chi connectivity index (χ2n) is 9.64. The Kier molecular flexibility index (Phi) is 7.61. The average molecular weight is 556 g/mol. The number of anilines is 1. The third-order valence-corrected chi connectivity index (χ3v) is 6.94. The third-order valence-electron chi connectivity index (χ3n) is 6.94. The van der Waals surface area contributed by atoms with Gasteiger partial charge in [-0.3, -0.25) is 14.2 Å². The van der Waals surface area contributed by atoms with Crippen molar-refractivity contribution in [2.24, 2.45) is 0 Å². The number of aromatic nitrogens is 4. The summed E-state index contributed by atoms with van der Waals surface area (Å²) in [6.45, 7) is 1.70. The summed E-state index contributed by atoms with van der Waals surface area (Å²) in [7, 11) is 0. The molecule has 4 aromatic rings. The Hall–Kier alpha value is -5.13. The minimum Gasteiger partial charge on any atom is -0.484 e. The number of piperazine rings is 1. The van der Waals surface area contributed by atoms with E-state index >= 15 is 0 Å². The lowest BCUT2D eigenvalue weighted by Crippen LogP contribution is -2.57. The SMILES string of the molecule is O=C(CC1CN(c2nccc(-n3ccnc3)n2)CCN1C(=O)COc1ccccc1)NCc1ccc2c(c1)OCO2. The molecule has 1 N–H and O–H groups in total. The maximum absolute atomic E-state index is 13.3. The summed E-state index contributed by atoms with van der Waals surface area (Å²) in [5.41, 5.74) is 0.891. The Morgan fingerprint density at radius 2 is 1.90 bits per heavy atom. The third kappa shape index (κ3) is 6.21. The fourth-order valence-electron chi connectivity index (χ4n) is 4.85. The molecule has 41 heavy (non-hydrogen) atoms. The molecule has 0 aliphatic carbocycles. The number of para-hydroxylation sites is 1. The molecule has 1 fully saturated rings. The number of nitrogens with one attached hydrogen (secondary N) is 1. The molecule has 0 saturated carbocycles. The number of rotatable bonds is 9. The van der Waals surface area contributed by atoms with Crippen molar-refractivity contribution in [1.29, 1.82) is 0 Å². The Labute approximate surface area is 236 Å². The molecule has 2 aromatic carbocycles. The van der Waals surface area contributed by atoms with Crippen molar-refractivity contribution < 1.29 is 23.8 Å². The van der Waals surface area contributed by atoms with Crippen LogP contribution in [0.3, 0.4) is 0 Å². The van der Waals surface area contributed by atoms with Gasteiger partial charge in [0, 0.05) is 51.2 Å². The normalized spacial score (nSPS) is 16.0. The largest absolute Gasteiger partial charge is 0.484 e. The molecule has 4 heterocycles. The zero-order valence-corrected chi connectivity index (χ0v) is 22.3. The standard InChI is InChI=1S/C29H29N7O5/c37-27(32-16-21-6-7-24-25(14-21)41-20-40-24)15-22-17-34(29-31-9-8-26(33-29)35-11-10-30-19-35)12-13-36(22)28(38)18-39-23-4-2-1-3-5-23/h1-11,14,19,22H,12-13,15-18,20H2,(H,32,37). The summed E-state index contributed by atoms with van der Waals surface area (Å²) >= 11 is 0. The van der Waals surface area contributed by atoms with Crippen molar-refractivity contribution in [2.45, 2.75) is 19.0 Å². The van der Waals surface area contributed by atoms with Crippen LogP contribution < -0.4 is 24.4 Å². The summed E-state index contributed by atoms with van der Waals surface area (Å²) in [6.07, 6.45) is 6.96. The molecule has 0 bridgehead atoms. The zero-order valence-electron chi connectivity index (χ0n) is 22.3. The second-order valence-corrected chi connectivity index (χ2v) is 9.64. The highest BCUT2D eigenvalue weighted by molar-refractivity contribution is 5.81. The maximum Gasteiger partial charge on any atom is 0.260 e. The first-order valence-electron chi connectivity index (χ1n) is 13.3. The van der Waals surface area contributed by atoms with Crippen molar-refractivity contribution in [1.82, 2.24) is 29.7 Å². The summed E-state index contributed by atoms with van der Waals surface area (Å²) in [5.74, 6) is 2.80. The first kappa shape index (κ1) is 26.1. The van der Waals surface area contributed by atoms with Gasteiger partial charge in [-0.15, -0.1) is 0 Å². The molecule has 2 amide bonds. The van der Waals surface area contributed by atoms with E-state index < -0.39 is 6.04 Å². The monoisotopic (exact) mass is 555 g/mol. The van der Waals surface area contributed by atoms with Gasteiger partial charge in [0.1, 0.15) is 17.9 Å². The quantitative estimate of drug-likeness (QED) is 0.331. The van der Waals surface area contributed by atoms with Gasteiger partial charge < -0.3 is 29.3 Å². The van der Waals surface area contributed by atoms with Crippen LogP contribution in [0.2, 0.25) is 0 Å². The van der Waals surface area contributed by atoms with E-state index in [-0.39, 0.29) is 31.6 Å². The van der Waals surface area contributed by atoms with E-state index in [0.717, 1.165) is 5.56 Å². The summed E-state index contributed by atoms with van der Waals surface area (Å²) in [5, 5.41) is 2.97. The van der Waals surface area contributed by atoms with E-state index in [4.69, 9.17) is 14.2 Å². The van der Waals surface area contributed by atoms with Gasteiger partial charge in [0.15, 0.2) is 18.1 Å². The number of carbonyl (C=O) groups is 2. The first-order valence-corrected chi connectivity index (χ1v) is 13.3. The van der Waals surface area contributed by atoms with Gasteiger partial charge in [-0.2, -0.15) is 4.98 Å². The summed E-state index contributed by atoms with van der Waals surface area (Å²) < 4.78 is 18.3. The number of hydrogen-bond donors (Lipinski definition) is 1. The van der Waals surface area contributed by atoms with Crippen molar-refractivity contribution in [3.8, 4) is 23.1 Å². The van der Waals surface area contributed by atoms with Gasteiger partial charge >= 0.3 is 0 Å². The number of nitrogens with zero attached hydrogens (tertiary/aromatic N) is 6. The maximum atomic E-state index is 13.3. The van der Waals surface area contributed by atoms with E-state index in [1.54, 1.807) is 46.4 Å². The van der Waals surface area contributed by atoms with E-state index in [1.807, 2.05) is 47.5 Å². The Morgan fingerprint density at radius 3 is 2.76 bits per heavy atom. The molecule has 6 rings (SSSR count). The van der Waals surface area contributed by atoms with E-state index in [0.29, 0.717) is 55.2 Å². The minimum atomic E-state index is -0.409. The van der Waals surface area contributed by atoms with Crippen LogP contribution in [-0.4, -0.2) is 75.3 Å². The molecular formula is C29H29N7O5. The Bertz CT molecular complexity index is 1500. The molecule has 12 heteroatoms. The molecule has 0 radical (unpaired) electrons. The molecule has 2 aliphatic heterocycles. The van der Waals surface area contributed by atoms with Gasteiger partial charge in [-0.05, 0) is 35.9 Å². The van der Waals surface area contributed by atoms with Gasteiger partial charge in [0.2, 0.25) is 18.6 Å². The van der Waals surface area contributed by atoms with Crippen molar-refractivity contribution in [3.63, 3.8) is 0 Å². The molecule has 12 nitrogen and oxygen atoms in total. The molecule has 0 spiro atoms.